The number of rotatable bonds is 2. The van der Waals surface area contributed by atoms with Crippen LogP contribution in [-0.2, 0) is 10.2 Å². The number of amides is 1. The van der Waals surface area contributed by atoms with Gasteiger partial charge in [0.05, 0.1) is 11.5 Å². The average Bonchev–Trinajstić information content (AvgIpc) is 2.41. The van der Waals surface area contributed by atoms with Gasteiger partial charge in [-0.1, -0.05) is 35.0 Å². The quantitative estimate of drug-likeness (QED) is 0.899. The molecule has 1 aromatic rings. The fraction of sp³-hybridized carbons (Fsp3) is 0.562. The number of hydrogen-bond acceptors (Lipinski definition) is 2. The molecule has 0 aromatic heterocycles. The van der Waals surface area contributed by atoms with Crippen molar-refractivity contribution in [3.05, 3.63) is 34.3 Å². The molecule has 1 saturated heterocycles. The molecule has 3 nitrogen and oxygen atoms in total. The van der Waals surface area contributed by atoms with E-state index in [1.54, 1.807) is 4.90 Å². The number of aliphatic hydroxyl groups is 1. The van der Waals surface area contributed by atoms with Gasteiger partial charge in [-0.15, -0.1) is 0 Å². The monoisotopic (exact) mass is 339 g/mol. The van der Waals surface area contributed by atoms with Crippen LogP contribution < -0.4 is 0 Å². The van der Waals surface area contributed by atoms with Crippen LogP contribution in [0.25, 0.3) is 0 Å². The number of β-amino-alcohol motifs (C(OH)–C–C–N with tert-alkyl or cyclic N) is 1. The molecule has 1 fully saturated rings. The second-order valence-electron chi connectivity index (χ2n) is 6.22. The van der Waals surface area contributed by atoms with Gasteiger partial charge in [-0.05, 0) is 43.9 Å². The highest BCUT2D eigenvalue weighted by Crippen LogP contribution is 2.29. The molecule has 1 aliphatic rings. The van der Waals surface area contributed by atoms with Gasteiger partial charge in [0.1, 0.15) is 0 Å². The first-order valence-electron chi connectivity index (χ1n) is 7.06. The van der Waals surface area contributed by atoms with E-state index in [-0.39, 0.29) is 11.8 Å². The number of benzene rings is 1. The predicted molar refractivity (Wildman–Crippen MR) is 83.5 cm³/mol. The van der Waals surface area contributed by atoms with Crippen molar-refractivity contribution < 1.29 is 9.90 Å². The van der Waals surface area contributed by atoms with E-state index in [0.29, 0.717) is 6.54 Å². The molecule has 1 heterocycles. The van der Waals surface area contributed by atoms with Gasteiger partial charge in [-0.25, -0.2) is 0 Å². The van der Waals surface area contributed by atoms with E-state index in [4.69, 9.17) is 0 Å². The summed E-state index contributed by atoms with van der Waals surface area (Å²) >= 11 is 3.41. The smallest absolute Gasteiger partial charge is 0.232 e. The summed E-state index contributed by atoms with van der Waals surface area (Å²) in [5.74, 6) is 0.362. The number of aliphatic hydroxyl groups excluding tert-OH is 1. The fourth-order valence-electron chi connectivity index (χ4n) is 2.62. The maximum absolute atomic E-state index is 12.8. The van der Waals surface area contributed by atoms with Crippen molar-refractivity contribution in [1.29, 1.82) is 0 Å². The molecule has 0 bridgehead atoms. The third-order valence-corrected chi connectivity index (χ3v) is 4.84. The standard InChI is InChI=1S/C16H22BrNO2/c1-11-8-9-18(10-14(11)19)15(20)16(2,3)12-4-6-13(17)7-5-12/h4-7,11,14,19H,8-10H2,1-3H3. The highest BCUT2D eigenvalue weighted by Gasteiger charge is 2.36. The van der Waals surface area contributed by atoms with E-state index < -0.39 is 11.5 Å². The summed E-state index contributed by atoms with van der Waals surface area (Å²) in [6.45, 7) is 7.11. The highest BCUT2D eigenvalue weighted by atomic mass is 79.9. The van der Waals surface area contributed by atoms with Crippen LogP contribution in [0.5, 0.6) is 0 Å². The molecule has 1 amide bonds. The van der Waals surface area contributed by atoms with Gasteiger partial charge in [0.2, 0.25) is 5.91 Å². The normalized spacial score (nSPS) is 23.8. The van der Waals surface area contributed by atoms with Crippen LogP contribution in [0.15, 0.2) is 28.7 Å². The molecular weight excluding hydrogens is 318 g/mol. The molecule has 110 valence electrons. The molecule has 2 atom stereocenters. The molecule has 0 aliphatic carbocycles. The van der Waals surface area contributed by atoms with Gasteiger partial charge in [0.25, 0.3) is 0 Å². The van der Waals surface area contributed by atoms with E-state index in [0.717, 1.165) is 23.0 Å². The largest absolute Gasteiger partial charge is 0.391 e. The summed E-state index contributed by atoms with van der Waals surface area (Å²) < 4.78 is 1.01. The van der Waals surface area contributed by atoms with Crippen molar-refractivity contribution in [1.82, 2.24) is 4.90 Å². The molecule has 2 unspecified atom stereocenters. The Morgan fingerprint density at radius 3 is 2.50 bits per heavy atom. The van der Waals surface area contributed by atoms with Crippen molar-refractivity contribution >= 4 is 21.8 Å². The third kappa shape index (κ3) is 3.07. The molecule has 2 rings (SSSR count). The van der Waals surface area contributed by atoms with Crippen LogP contribution in [-0.4, -0.2) is 35.1 Å². The summed E-state index contributed by atoms with van der Waals surface area (Å²) in [5.41, 5.74) is 0.430. The zero-order chi connectivity index (χ0) is 14.9. The number of piperidine rings is 1. The van der Waals surface area contributed by atoms with Gasteiger partial charge in [0, 0.05) is 17.6 Å². The summed E-state index contributed by atoms with van der Waals surface area (Å²) in [7, 11) is 0. The Morgan fingerprint density at radius 1 is 1.35 bits per heavy atom. The van der Waals surface area contributed by atoms with E-state index in [2.05, 4.69) is 15.9 Å². The molecule has 0 saturated carbocycles. The average molecular weight is 340 g/mol. The van der Waals surface area contributed by atoms with Crippen LogP contribution >= 0.6 is 15.9 Å². The van der Waals surface area contributed by atoms with Crippen molar-refractivity contribution in [2.75, 3.05) is 13.1 Å². The minimum Gasteiger partial charge on any atom is -0.391 e. The van der Waals surface area contributed by atoms with E-state index in [1.165, 1.54) is 0 Å². The Balaban J connectivity index is 2.16. The van der Waals surface area contributed by atoms with Crippen molar-refractivity contribution in [3.8, 4) is 0 Å². The molecule has 0 spiro atoms. The Morgan fingerprint density at radius 2 is 1.95 bits per heavy atom. The summed E-state index contributed by atoms with van der Waals surface area (Å²) in [6.07, 6.45) is 0.456. The summed E-state index contributed by atoms with van der Waals surface area (Å²) in [6, 6.07) is 7.87. The minimum atomic E-state index is -0.568. The zero-order valence-corrected chi connectivity index (χ0v) is 13.9. The number of nitrogens with zero attached hydrogens (tertiary/aromatic N) is 1. The lowest BCUT2D eigenvalue weighted by Gasteiger charge is -2.38. The predicted octanol–water partition coefficient (Wildman–Crippen LogP) is 2.96. The van der Waals surface area contributed by atoms with Gasteiger partial charge in [-0.2, -0.15) is 0 Å². The van der Waals surface area contributed by atoms with Crippen LogP contribution in [0.2, 0.25) is 0 Å². The van der Waals surface area contributed by atoms with Gasteiger partial charge >= 0.3 is 0 Å². The number of carbonyl (C=O) groups excluding carboxylic acids is 1. The molecule has 20 heavy (non-hydrogen) atoms. The van der Waals surface area contributed by atoms with Gasteiger partial charge < -0.3 is 10.0 Å². The third-order valence-electron chi connectivity index (χ3n) is 4.31. The van der Waals surface area contributed by atoms with E-state index >= 15 is 0 Å². The van der Waals surface area contributed by atoms with E-state index in [9.17, 15) is 9.90 Å². The Labute approximate surface area is 129 Å². The van der Waals surface area contributed by atoms with E-state index in [1.807, 2.05) is 45.0 Å². The minimum absolute atomic E-state index is 0.0887. The van der Waals surface area contributed by atoms with Gasteiger partial charge in [-0.3, -0.25) is 4.79 Å². The van der Waals surface area contributed by atoms with Crippen molar-refractivity contribution in [2.45, 2.75) is 38.7 Å². The summed E-state index contributed by atoms with van der Waals surface area (Å²) in [5, 5.41) is 9.97. The number of halogens is 1. The number of carbonyl (C=O) groups is 1. The topological polar surface area (TPSA) is 40.5 Å². The molecule has 0 radical (unpaired) electrons. The number of likely N-dealkylation sites (tertiary alicyclic amines) is 1. The molecule has 4 heteroatoms. The zero-order valence-electron chi connectivity index (χ0n) is 12.3. The number of hydrogen-bond donors (Lipinski definition) is 1. The first kappa shape index (κ1) is 15.5. The first-order chi connectivity index (χ1) is 9.32. The van der Waals surface area contributed by atoms with Crippen LogP contribution in [0.4, 0.5) is 0 Å². The highest BCUT2D eigenvalue weighted by molar-refractivity contribution is 9.10. The maximum atomic E-state index is 12.8. The SMILES string of the molecule is CC1CCN(C(=O)C(C)(C)c2ccc(Br)cc2)CC1O. The second kappa shape index (κ2) is 5.86. The molecule has 1 N–H and O–H groups in total. The van der Waals surface area contributed by atoms with Gasteiger partial charge in [0.15, 0.2) is 0 Å². The van der Waals surface area contributed by atoms with Crippen LogP contribution in [0.1, 0.15) is 32.8 Å². The Kier molecular flexibility index (Phi) is 4.55. The lowest BCUT2D eigenvalue weighted by atomic mass is 9.82. The Hall–Kier alpha value is -0.870. The molecule has 1 aliphatic heterocycles. The summed E-state index contributed by atoms with van der Waals surface area (Å²) in [4.78, 5) is 14.6. The fourth-order valence-corrected chi connectivity index (χ4v) is 2.88. The first-order valence-corrected chi connectivity index (χ1v) is 7.85. The van der Waals surface area contributed by atoms with Crippen LogP contribution in [0, 0.1) is 5.92 Å². The Bertz CT molecular complexity index is 484. The van der Waals surface area contributed by atoms with Crippen molar-refractivity contribution in [3.63, 3.8) is 0 Å². The van der Waals surface area contributed by atoms with Crippen molar-refractivity contribution in [2.24, 2.45) is 5.92 Å². The molecule has 1 aromatic carbocycles. The van der Waals surface area contributed by atoms with Crippen LogP contribution in [0.3, 0.4) is 0 Å². The second-order valence-corrected chi connectivity index (χ2v) is 7.13. The lowest BCUT2D eigenvalue weighted by Crippen LogP contribution is -2.51. The maximum Gasteiger partial charge on any atom is 0.232 e. The molecular formula is C16H22BrNO2. The lowest BCUT2D eigenvalue weighted by molar-refractivity contribution is -0.140.